The first-order chi connectivity index (χ1) is 8.06. The van der Waals surface area contributed by atoms with Gasteiger partial charge in [0.1, 0.15) is 11.0 Å². The van der Waals surface area contributed by atoms with E-state index in [2.05, 4.69) is 0 Å². The van der Waals surface area contributed by atoms with Gasteiger partial charge in [0, 0.05) is 19.5 Å². The van der Waals surface area contributed by atoms with Crippen LogP contribution in [0.2, 0.25) is 0 Å². The fourth-order valence-electron chi connectivity index (χ4n) is 1.73. The largest absolute Gasteiger partial charge is 0.480 e. The topological polar surface area (TPSA) is 83.9 Å². The Bertz CT molecular complexity index is 384. The number of carboxylic acid groups (broad SMARTS) is 1. The molecule has 0 aromatic carbocycles. The Balaban J connectivity index is 2.80. The first-order valence-corrected chi connectivity index (χ1v) is 5.81. The van der Waals surface area contributed by atoms with Gasteiger partial charge in [0.05, 0.1) is 0 Å². The van der Waals surface area contributed by atoms with Gasteiger partial charge in [-0.1, -0.05) is 0 Å². The van der Waals surface area contributed by atoms with Gasteiger partial charge in [0.15, 0.2) is 5.78 Å². The summed E-state index contributed by atoms with van der Waals surface area (Å²) in [5, 5.41) is 9.10. The molecule has 1 N–H and O–H groups in total. The molecule has 0 aliphatic carbocycles. The van der Waals surface area contributed by atoms with Gasteiger partial charge in [-0.2, -0.15) is 0 Å². The fourth-order valence-corrected chi connectivity index (χ4v) is 1.73. The summed E-state index contributed by atoms with van der Waals surface area (Å²) in [5.74, 6) is -1.56. The predicted molar refractivity (Wildman–Crippen MR) is 63.2 cm³/mol. The van der Waals surface area contributed by atoms with Crippen molar-refractivity contribution in [3.63, 3.8) is 0 Å². The molecule has 1 amide bonds. The van der Waals surface area contributed by atoms with E-state index in [1.165, 1.54) is 11.8 Å². The average molecular weight is 257 g/mol. The number of rotatable bonds is 1. The van der Waals surface area contributed by atoms with E-state index < -0.39 is 23.1 Å². The molecule has 0 aromatic heterocycles. The van der Waals surface area contributed by atoms with Gasteiger partial charge in [-0.3, -0.25) is 9.59 Å². The number of hydrogen-bond acceptors (Lipinski definition) is 4. The molecule has 6 nitrogen and oxygen atoms in total. The third kappa shape index (κ3) is 3.00. The number of carbonyl (C=O) groups excluding carboxylic acids is 2. The van der Waals surface area contributed by atoms with Crippen molar-refractivity contribution >= 4 is 17.8 Å². The second-order valence-electron chi connectivity index (χ2n) is 5.71. The molecule has 1 heterocycles. The molecule has 0 saturated carbocycles. The van der Waals surface area contributed by atoms with E-state index in [4.69, 9.17) is 9.84 Å². The number of likely N-dealkylation sites (tertiary alicyclic amines) is 1. The first kappa shape index (κ1) is 14.5. The Morgan fingerprint density at radius 1 is 1.39 bits per heavy atom. The number of hydrogen-bond donors (Lipinski definition) is 1. The van der Waals surface area contributed by atoms with Crippen LogP contribution in [-0.4, -0.2) is 46.5 Å². The highest BCUT2D eigenvalue weighted by Crippen LogP contribution is 2.27. The zero-order chi connectivity index (χ0) is 14.1. The van der Waals surface area contributed by atoms with Gasteiger partial charge >= 0.3 is 12.1 Å². The number of nitrogens with zero attached hydrogens (tertiary/aromatic N) is 1. The highest BCUT2D eigenvalue weighted by atomic mass is 16.6. The van der Waals surface area contributed by atoms with Gasteiger partial charge in [-0.15, -0.1) is 0 Å². The first-order valence-electron chi connectivity index (χ1n) is 5.81. The van der Waals surface area contributed by atoms with Crippen LogP contribution in [0, 0.1) is 5.41 Å². The lowest BCUT2D eigenvalue weighted by atomic mass is 9.81. The Labute approximate surface area is 106 Å². The zero-order valence-electron chi connectivity index (χ0n) is 11.1. The minimum atomic E-state index is -1.53. The standard InChI is InChI=1S/C12H19NO5/c1-11(2,3)18-10(17)13-6-5-8(14)12(4,7-13)9(15)16/h5-7H2,1-4H3,(H,15,16). The van der Waals surface area contributed by atoms with Crippen LogP contribution in [0.15, 0.2) is 0 Å². The van der Waals surface area contributed by atoms with Crippen LogP contribution in [-0.2, 0) is 14.3 Å². The zero-order valence-corrected chi connectivity index (χ0v) is 11.1. The van der Waals surface area contributed by atoms with Crippen LogP contribution < -0.4 is 0 Å². The van der Waals surface area contributed by atoms with Crippen molar-refractivity contribution < 1.29 is 24.2 Å². The van der Waals surface area contributed by atoms with Crippen molar-refractivity contribution in [3.8, 4) is 0 Å². The molecule has 1 aliphatic heterocycles. The Morgan fingerprint density at radius 2 is 1.94 bits per heavy atom. The SMILES string of the molecule is CC(C)(C)OC(=O)N1CCC(=O)C(C)(C(=O)O)C1. The van der Waals surface area contributed by atoms with Crippen molar-refractivity contribution in [2.45, 2.75) is 39.7 Å². The summed E-state index contributed by atoms with van der Waals surface area (Å²) in [5.41, 5.74) is -2.17. The molecule has 0 bridgehead atoms. The van der Waals surface area contributed by atoms with Gasteiger partial charge in [0.25, 0.3) is 0 Å². The van der Waals surface area contributed by atoms with Crippen LogP contribution in [0.25, 0.3) is 0 Å². The van der Waals surface area contributed by atoms with Gasteiger partial charge < -0.3 is 14.7 Å². The Morgan fingerprint density at radius 3 is 2.39 bits per heavy atom. The third-order valence-corrected chi connectivity index (χ3v) is 2.86. The van der Waals surface area contributed by atoms with E-state index in [1.807, 2.05) is 0 Å². The Hall–Kier alpha value is -1.59. The van der Waals surface area contributed by atoms with Crippen LogP contribution in [0.3, 0.4) is 0 Å². The molecule has 6 heteroatoms. The number of amides is 1. The van der Waals surface area contributed by atoms with Gasteiger partial charge in [-0.25, -0.2) is 4.79 Å². The predicted octanol–water partition coefficient (Wildman–Crippen LogP) is 1.29. The molecule has 0 radical (unpaired) electrons. The summed E-state index contributed by atoms with van der Waals surface area (Å²) in [7, 11) is 0. The maximum atomic E-state index is 11.8. The molecule has 1 aliphatic rings. The monoisotopic (exact) mass is 257 g/mol. The lowest BCUT2D eigenvalue weighted by Crippen LogP contribution is -2.54. The lowest BCUT2D eigenvalue weighted by molar-refractivity contribution is -0.157. The second kappa shape index (κ2) is 4.59. The molecular formula is C12H19NO5. The quantitative estimate of drug-likeness (QED) is 0.715. The second-order valence-corrected chi connectivity index (χ2v) is 5.71. The molecule has 1 rings (SSSR count). The number of ether oxygens (including phenoxy) is 1. The van der Waals surface area contributed by atoms with Crippen LogP contribution in [0.1, 0.15) is 34.1 Å². The van der Waals surface area contributed by atoms with E-state index in [-0.39, 0.29) is 25.3 Å². The number of piperidine rings is 1. The maximum absolute atomic E-state index is 11.8. The molecule has 1 saturated heterocycles. The number of ketones is 1. The van der Waals surface area contributed by atoms with Crippen molar-refractivity contribution in [3.05, 3.63) is 0 Å². The summed E-state index contributed by atoms with van der Waals surface area (Å²) < 4.78 is 5.17. The van der Waals surface area contributed by atoms with Crippen molar-refractivity contribution in [2.75, 3.05) is 13.1 Å². The summed E-state index contributed by atoms with van der Waals surface area (Å²) in [6, 6.07) is 0. The number of aliphatic carboxylic acids is 1. The van der Waals surface area contributed by atoms with E-state index >= 15 is 0 Å². The summed E-state index contributed by atoms with van der Waals surface area (Å²) >= 11 is 0. The van der Waals surface area contributed by atoms with Crippen molar-refractivity contribution in [1.82, 2.24) is 4.90 Å². The van der Waals surface area contributed by atoms with Crippen LogP contribution >= 0.6 is 0 Å². The normalized spacial score (nSPS) is 24.9. The number of carboxylic acids is 1. The molecular weight excluding hydrogens is 238 g/mol. The summed E-state index contributed by atoms with van der Waals surface area (Å²) in [6.45, 7) is 6.60. The molecule has 0 spiro atoms. The molecule has 0 aromatic rings. The number of carbonyl (C=O) groups is 3. The summed E-state index contributed by atoms with van der Waals surface area (Å²) in [6.07, 6.45) is -0.537. The Kier molecular flexibility index (Phi) is 3.69. The van der Waals surface area contributed by atoms with Crippen molar-refractivity contribution in [2.24, 2.45) is 5.41 Å². The van der Waals surface area contributed by atoms with E-state index in [0.717, 1.165) is 0 Å². The van der Waals surface area contributed by atoms with Gasteiger partial charge in [-0.05, 0) is 27.7 Å². The summed E-state index contributed by atoms with van der Waals surface area (Å²) in [4.78, 5) is 35.9. The lowest BCUT2D eigenvalue weighted by Gasteiger charge is -2.36. The van der Waals surface area contributed by atoms with E-state index in [0.29, 0.717) is 0 Å². The molecule has 1 fully saturated rings. The third-order valence-electron chi connectivity index (χ3n) is 2.86. The van der Waals surface area contributed by atoms with E-state index in [1.54, 1.807) is 20.8 Å². The molecule has 1 unspecified atom stereocenters. The van der Waals surface area contributed by atoms with Gasteiger partial charge in [0.2, 0.25) is 0 Å². The average Bonchev–Trinajstić information content (AvgIpc) is 2.19. The molecule has 18 heavy (non-hydrogen) atoms. The minimum Gasteiger partial charge on any atom is -0.480 e. The van der Waals surface area contributed by atoms with Crippen molar-refractivity contribution in [1.29, 1.82) is 0 Å². The highest BCUT2D eigenvalue weighted by Gasteiger charge is 2.47. The fraction of sp³-hybridized carbons (Fsp3) is 0.750. The number of Topliss-reactive ketones (excluding diaryl/α,β-unsaturated/α-hetero) is 1. The minimum absolute atomic E-state index is 0.0437. The van der Waals surface area contributed by atoms with Crippen LogP contribution in [0.5, 0.6) is 0 Å². The van der Waals surface area contributed by atoms with E-state index in [9.17, 15) is 14.4 Å². The maximum Gasteiger partial charge on any atom is 0.410 e. The highest BCUT2D eigenvalue weighted by molar-refractivity contribution is 6.04. The smallest absolute Gasteiger partial charge is 0.410 e. The van der Waals surface area contributed by atoms with Crippen LogP contribution in [0.4, 0.5) is 4.79 Å². The molecule has 1 atom stereocenters. The molecule has 102 valence electrons.